The standard InChI is InChI=1S/C24H42N2O4/c1-3-5-7-9-11-12-13-14-15-17-19-21(27)23-24(26(28)29)22(30-25-23)20-18-16-10-8-6-4-2/h3-20H2,1-2H3. The molecule has 0 aliphatic carbocycles. The van der Waals surface area contributed by atoms with Crippen LogP contribution in [0.5, 0.6) is 0 Å². The fourth-order valence-electron chi connectivity index (χ4n) is 3.81. The van der Waals surface area contributed by atoms with Gasteiger partial charge in [0.1, 0.15) is 0 Å². The molecule has 0 saturated heterocycles. The van der Waals surface area contributed by atoms with Crippen LogP contribution in [0.15, 0.2) is 4.52 Å². The van der Waals surface area contributed by atoms with Crippen molar-refractivity contribution >= 4 is 11.5 Å². The number of aryl methyl sites for hydroxylation is 1. The molecule has 0 atom stereocenters. The van der Waals surface area contributed by atoms with Gasteiger partial charge in [-0.15, -0.1) is 0 Å². The zero-order valence-electron chi connectivity index (χ0n) is 19.3. The maximum absolute atomic E-state index is 12.4. The highest BCUT2D eigenvalue weighted by Crippen LogP contribution is 2.27. The third-order valence-electron chi connectivity index (χ3n) is 5.70. The van der Waals surface area contributed by atoms with Crippen molar-refractivity contribution in [3.8, 4) is 0 Å². The van der Waals surface area contributed by atoms with Crippen LogP contribution in [0.3, 0.4) is 0 Å². The number of nitro groups is 1. The highest BCUT2D eigenvalue weighted by atomic mass is 16.6. The van der Waals surface area contributed by atoms with E-state index in [1.165, 1.54) is 64.2 Å². The normalized spacial score (nSPS) is 11.1. The van der Waals surface area contributed by atoms with Crippen molar-refractivity contribution in [1.82, 2.24) is 5.16 Å². The van der Waals surface area contributed by atoms with Crippen molar-refractivity contribution in [3.05, 3.63) is 21.6 Å². The maximum atomic E-state index is 12.4. The van der Waals surface area contributed by atoms with Gasteiger partial charge in [0.2, 0.25) is 11.5 Å². The van der Waals surface area contributed by atoms with E-state index in [1.54, 1.807) is 0 Å². The van der Waals surface area contributed by atoms with Crippen molar-refractivity contribution in [2.24, 2.45) is 0 Å². The Hall–Kier alpha value is -1.72. The molecule has 0 bridgehead atoms. The van der Waals surface area contributed by atoms with Crippen LogP contribution < -0.4 is 0 Å². The molecule has 30 heavy (non-hydrogen) atoms. The zero-order chi connectivity index (χ0) is 22.0. The molecule has 0 saturated carbocycles. The Morgan fingerprint density at radius 3 is 1.77 bits per heavy atom. The second-order valence-electron chi connectivity index (χ2n) is 8.43. The molecule has 1 heterocycles. The number of hydrogen-bond acceptors (Lipinski definition) is 5. The minimum atomic E-state index is -0.505. The van der Waals surface area contributed by atoms with Crippen molar-refractivity contribution in [1.29, 1.82) is 0 Å². The number of carbonyl (C=O) groups is 1. The molecule has 1 aromatic heterocycles. The Morgan fingerprint density at radius 2 is 1.27 bits per heavy atom. The van der Waals surface area contributed by atoms with Crippen molar-refractivity contribution in [3.63, 3.8) is 0 Å². The summed E-state index contributed by atoms with van der Waals surface area (Å²) in [5, 5.41) is 15.2. The van der Waals surface area contributed by atoms with Crippen molar-refractivity contribution < 1.29 is 14.2 Å². The molecule has 172 valence electrons. The van der Waals surface area contributed by atoms with E-state index in [2.05, 4.69) is 19.0 Å². The molecule has 6 nitrogen and oxygen atoms in total. The minimum absolute atomic E-state index is 0.0862. The largest absolute Gasteiger partial charge is 0.353 e. The quantitative estimate of drug-likeness (QED) is 0.0919. The Labute approximate surface area is 182 Å². The molecule has 0 amide bonds. The van der Waals surface area contributed by atoms with E-state index in [0.29, 0.717) is 12.8 Å². The first-order valence-electron chi connectivity index (χ1n) is 12.3. The molecule has 6 heteroatoms. The van der Waals surface area contributed by atoms with Crippen LogP contribution in [-0.4, -0.2) is 15.9 Å². The molecule has 0 aliphatic rings. The van der Waals surface area contributed by atoms with Crippen LogP contribution in [0.2, 0.25) is 0 Å². The molecule has 0 radical (unpaired) electrons. The van der Waals surface area contributed by atoms with Crippen LogP contribution >= 0.6 is 0 Å². The van der Waals surface area contributed by atoms with Gasteiger partial charge >= 0.3 is 5.69 Å². The summed E-state index contributed by atoms with van der Waals surface area (Å²) in [4.78, 5) is 23.4. The van der Waals surface area contributed by atoms with E-state index < -0.39 is 4.92 Å². The lowest BCUT2D eigenvalue weighted by molar-refractivity contribution is -0.386. The summed E-state index contributed by atoms with van der Waals surface area (Å²) in [7, 11) is 0. The van der Waals surface area contributed by atoms with Gasteiger partial charge in [-0.05, 0) is 12.8 Å². The lowest BCUT2D eigenvalue weighted by Crippen LogP contribution is -2.04. The first kappa shape index (κ1) is 26.3. The summed E-state index contributed by atoms with van der Waals surface area (Å²) in [6, 6.07) is 0. The average Bonchev–Trinajstić information content (AvgIpc) is 3.16. The van der Waals surface area contributed by atoms with Crippen LogP contribution in [-0.2, 0) is 6.42 Å². The number of aromatic nitrogens is 1. The van der Waals surface area contributed by atoms with Crippen LogP contribution in [0.1, 0.15) is 139 Å². The van der Waals surface area contributed by atoms with Gasteiger partial charge in [0.15, 0.2) is 5.78 Å². The van der Waals surface area contributed by atoms with Crippen LogP contribution in [0.4, 0.5) is 5.69 Å². The Kier molecular flexibility index (Phi) is 14.9. The SMILES string of the molecule is CCCCCCCCCCCCC(=O)c1noc(CCCCCCCC)c1[N+](=O)[O-]. The molecule has 1 aromatic rings. The molecule has 0 fully saturated rings. The molecular weight excluding hydrogens is 380 g/mol. The number of Topliss-reactive ketones (excluding diaryl/α,β-unsaturated/α-hetero) is 1. The van der Waals surface area contributed by atoms with E-state index in [-0.39, 0.29) is 22.9 Å². The van der Waals surface area contributed by atoms with Crippen LogP contribution in [0, 0.1) is 10.1 Å². The first-order valence-corrected chi connectivity index (χ1v) is 12.3. The third-order valence-corrected chi connectivity index (χ3v) is 5.70. The van der Waals surface area contributed by atoms with Gasteiger partial charge in [0, 0.05) is 12.8 Å². The number of rotatable bonds is 20. The molecule has 0 N–H and O–H groups in total. The van der Waals surface area contributed by atoms with Crippen molar-refractivity contribution in [2.75, 3.05) is 0 Å². The molecular formula is C24H42N2O4. The van der Waals surface area contributed by atoms with Gasteiger partial charge in [0.25, 0.3) is 0 Å². The zero-order valence-corrected chi connectivity index (χ0v) is 19.3. The molecule has 1 rings (SSSR count). The fraction of sp³-hybridized carbons (Fsp3) is 0.833. The summed E-state index contributed by atoms with van der Waals surface area (Å²) in [6.07, 6.45) is 19.2. The second kappa shape index (κ2) is 17.0. The van der Waals surface area contributed by atoms with Gasteiger partial charge in [-0.2, -0.15) is 0 Å². The van der Waals surface area contributed by atoms with Gasteiger partial charge in [-0.1, -0.05) is 109 Å². The first-order chi connectivity index (χ1) is 14.6. The van der Waals surface area contributed by atoms with E-state index in [4.69, 9.17) is 4.52 Å². The van der Waals surface area contributed by atoms with E-state index in [1.807, 2.05) is 0 Å². The highest BCUT2D eigenvalue weighted by Gasteiger charge is 2.30. The van der Waals surface area contributed by atoms with Gasteiger partial charge in [0.05, 0.1) is 4.92 Å². The Balaban J connectivity index is 2.30. The summed E-state index contributed by atoms with van der Waals surface area (Å²) in [5.74, 6) is -0.0128. The maximum Gasteiger partial charge on any atom is 0.342 e. The van der Waals surface area contributed by atoms with Crippen molar-refractivity contribution in [2.45, 2.75) is 129 Å². The smallest absolute Gasteiger partial charge is 0.342 e. The molecule has 0 aromatic carbocycles. The number of carbonyl (C=O) groups excluding carboxylic acids is 1. The van der Waals surface area contributed by atoms with E-state index in [9.17, 15) is 14.9 Å². The Bertz CT molecular complexity index is 598. The predicted molar refractivity (Wildman–Crippen MR) is 121 cm³/mol. The van der Waals surface area contributed by atoms with Gasteiger partial charge in [-0.25, -0.2) is 0 Å². The summed E-state index contributed by atoms with van der Waals surface area (Å²) in [5.41, 5.74) is -0.294. The molecule has 0 spiro atoms. The van der Waals surface area contributed by atoms with Gasteiger partial charge < -0.3 is 4.52 Å². The number of nitrogens with zero attached hydrogens (tertiary/aromatic N) is 2. The Morgan fingerprint density at radius 1 is 0.800 bits per heavy atom. The predicted octanol–water partition coefficient (Wildman–Crippen LogP) is 7.98. The molecule has 0 unspecified atom stereocenters. The van der Waals surface area contributed by atoms with E-state index >= 15 is 0 Å². The van der Waals surface area contributed by atoms with E-state index in [0.717, 1.165) is 38.5 Å². The summed E-state index contributed by atoms with van der Waals surface area (Å²) >= 11 is 0. The highest BCUT2D eigenvalue weighted by molar-refractivity contribution is 5.98. The lowest BCUT2D eigenvalue weighted by Gasteiger charge is -2.02. The second-order valence-corrected chi connectivity index (χ2v) is 8.43. The fourth-order valence-corrected chi connectivity index (χ4v) is 3.81. The third kappa shape index (κ3) is 10.9. The molecule has 0 aliphatic heterocycles. The summed E-state index contributed by atoms with van der Waals surface area (Å²) < 4.78 is 5.19. The van der Waals surface area contributed by atoms with Gasteiger partial charge in [-0.3, -0.25) is 14.9 Å². The lowest BCUT2D eigenvalue weighted by atomic mass is 10.0. The summed E-state index contributed by atoms with van der Waals surface area (Å²) in [6.45, 7) is 4.40. The van der Waals surface area contributed by atoms with Crippen LogP contribution in [0.25, 0.3) is 0 Å². The number of hydrogen-bond donors (Lipinski definition) is 0. The average molecular weight is 423 g/mol. The minimum Gasteiger partial charge on any atom is -0.353 e. The topological polar surface area (TPSA) is 86.2 Å². The number of unbranched alkanes of at least 4 members (excludes halogenated alkanes) is 14. The monoisotopic (exact) mass is 422 g/mol. The number of ketones is 1.